The molecule has 3 N–H and O–H groups in total. The summed E-state index contributed by atoms with van der Waals surface area (Å²) in [4.78, 5) is 42.4. The van der Waals surface area contributed by atoms with Gasteiger partial charge in [-0.15, -0.1) is 0 Å². The number of imide groups is 1. The van der Waals surface area contributed by atoms with Gasteiger partial charge in [0.1, 0.15) is 5.56 Å². The lowest BCUT2D eigenvalue weighted by molar-refractivity contribution is -0.385. The molecule has 3 aromatic rings. The molecular weight excluding hydrogens is 520 g/mol. The summed E-state index contributed by atoms with van der Waals surface area (Å²) in [6, 6.07) is 8.19. The van der Waals surface area contributed by atoms with E-state index >= 15 is 0 Å². The number of nitro groups is 1. The van der Waals surface area contributed by atoms with Gasteiger partial charge in [-0.05, 0) is 52.7 Å². The third kappa shape index (κ3) is 5.87. The summed E-state index contributed by atoms with van der Waals surface area (Å²) < 4.78 is 28.1. The Morgan fingerprint density at radius 1 is 1.09 bits per heavy atom. The number of hydrogen-bond acceptors (Lipinski definition) is 8. The van der Waals surface area contributed by atoms with Crippen LogP contribution in [0.2, 0.25) is 0 Å². The molecule has 0 fully saturated rings. The number of nitrogens with zero attached hydrogens (tertiary/aromatic N) is 3. The quantitative estimate of drug-likeness (QED) is 0.319. The van der Waals surface area contributed by atoms with Gasteiger partial charge in [0, 0.05) is 24.1 Å². The maximum atomic E-state index is 12.6. The number of sulfonamides is 1. The summed E-state index contributed by atoms with van der Waals surface area (Å²) in [5, 5.41) is 15.4. The van der Waals surface area contributed by atoms with E-state index in [2.05, 4.69) is 35.9 Å². The van der Waals surface area contributed by atoms with E-state index in [4.69, 9.17) is 0 Å². The van der Waals surface area contributed by atoms with Crippen molar-refractivity contribution in [2.45, 2.75) is 11.8 Å². The van der Waals surface area contributed by atoms with Crippen LogP contribution in [0.15, 0.2) is 64.2 Å². The van der Waals surface area contributed by atoms with Crippen LogP contribution >= 0.6 is 15.9 Å². The van der Waals surface area contributed by atoms with E-state index in [0.29, 0.717) is 10.0 Å². The zero-order valence-electron chi connectivity index (χ0n) is 16.8. The molecule has 12 nitrogen and oxygen atoms in total. The highest BCUT2D eigenvalue weighted by atomic mass is 79.9. The van der Waals surface area contributed by atoms with Gasteiger partial charge in [0.05, 0.1) is 14.3 Å². The van der Waals surface area contributed by atoms with Crippen LogP contribution in [0, 0.1) is 17.0 Å². The van der Waals surface area contributed by atoms with Crippen molar-refractivity contribution < 1.29 is 22.9 Å². The number of urea groups is 1. The number of nitro benzene ring substituents is 1. The van der Waals surface area contributed by atoms with E-state index in [0.717, 1.165) is 6.07 Å². The molecule has 2 aromatic carbocycles. The molecule has 170 valence electrons. The normalized spacial score (nSPS) is 10.8. The van der Waals surface area contributed by atoms with Crippen LogP contribution in [0.4, 0.5) is 22.1 Å². The van der Waals surface area contributed by atoms with Gasteiger partial charge in [-0.25, -0.2) is 27.9 Å². The van der Waals surface area contributed by atoms with Gasteiger partial charge in [0.25, 0.3) is 21.6 Å². The number of carbonyl (C=O) groups excluding carboxylic acids is 2. The number of carbonyl (C=O) groups is 2. The van der Waals surface area contributed by atoms with E-state index in [1.54, 1.807) is 0 Å². The Balaban J connectivity index is 1.71. The lowest BCUT2D eigenvalue weighted by Gasteiger charge is -2.12. The first-order valence-electron chi connectivity index (χ1n) is 9.03. The Hall–Kier alpha value is -3.91. The van der Waals surface area contributed by atoms with Crippen molar-refractivity contribution in [2.24, 2.45) is 0 Å². The Labute approximate surface area is 195 Å². The van der Waals surface area contributed by atoms with Crippen LogP contribution in [0.25, 0.3) is 0 Å². The number of halogens is 1. The van der Waals surface area contributed by atoms with Gasteiger partial charge in [-0.2, -0.15) is 0 Å². The van der Waals surface area contributed by atoms with Gasteiger partial charge in [-0.1, -0.05) is 12.1 Å². The van der Waals surface area contributed by atoms with Gasteiger partial charge in [0.15, 0.2) is 0 Å². The molecule has 0 bridgehead atoms. The second-order valence-corrected chi connectivity index (χ2v) is 9.06. The molecule has 0 atom stereocenters. The Morgan fingerprint density at radius 3 is 2.39 bits per heavy atom. The average molecular weight is 535 g/mol. The zero-order chi connectivity index (χ0) is 24.2. The molecular formula is C19H15BrN6O6S. The van der Waals surface area contributed by atoms with Crippen LogP contribution in [0.1, 0.15) is 15.9 Å². The highest BCUT2D eigenvalue weighted by molar-refractivity contribution is 9.10. The van der Waals surface area contributed by atoms with Crippen molar-refractivity contribution in [1.29, 1.82) is 0 Å². The van der Waals surface area contributed by atoms with Gasteiger partial charge in [0.2, 0.25) is 5.95 Å². The summed E-state index contributed by atoms with van der Waals surface area (Å²) in [5.74, 6) is -1.08. The summed E-state index contributed by atoms with van der Waals surface area (Å²) >= 11 is 3.15. The predicted octanol–water partition coefficient (Wildman–Crippen LogP) is 3.22. The first-order valence-corrected chi connectivity index (χ1v) is 11.3. The fraction of sp³-hybridized carbons (Fsp3) is 0.0526. The number of anilines is 2. The van der Waals surface area contributed by atoms with Crippen molar-refractivity contribution in [3.8, 4) is 0 Å². The second-order valence-electron chi connectivity index (χ2n) is 6.49. The molecule has 0 aliphatic carbocycles. The van der Waals surface area contributed by atoms with Crippen molar-refractivity contribution in [2.75, 3.05) is 10.0 Å². The minimum Gasteiger partial charge on any atom is -0.308 e. The fourth-order valence-corrected chi connectivity index (χ4v) is 4.12. The van der Waals surface area contributed by atoms with Crippen LogP contribution in [-0.4, -0.2) is 35.2 Å². The molecule has 14 heteroatoms. The first kappa shape index (κ1) is 23.7. The van der Waals surface area contributed by atoms with Gasteiger partial charge < -0.3 is 5.32 Å². The van der Waals surface area contributed by atoms with Crippen molar-refractivity contribution in [1.82, 2.24) is 15.3 Å². The number of amides is 3. The van der Waals surface area contributed by atoms with E-state index in [-0.39, 0.29) is 22.1 Å². The number of aryl methyl sites for hydroxylation is 1. The number of hydrogen-bond donors (Lipinski definition) is 3. The molecule has 0 unspecified atom stereocenters. The maximum absolute atomic E-state index is 12.6. The van der Waals surface area contributed by atoms with Gasteiger partial charge >= 0.3 is 6.03 Å². The van der Waals surface area contributed by atoms with Crippen LogP contribution < -0.4 is 15.4 Å². The lowest BCUT2D eigenvalue weighted by Crippen LogP contribution is -2.34. The maximum Gasteiger partial charge on any atom is 0.326 e. The minimum atomic E-state index is -4.01. The number of rotatable bonds is 6. The average Bonchev–Trinajstić information content (AvgIpc) is 2.75. The third-order valence-corrected chi connectivity index (χ3v) is 6.04. The van der Waals surface area contributed by atoms with Gasteiger partial charge in [-0.3, -0.25) is 20.2 Å². The highest BCUT2D eigenvalue weighted by Gasteiger charge is 2.22. The molecule has 1 aromatic heterocycles. The SMILES string of the molecule is Cc1cc(NC(=O)NC(=O)c2ccccc2[N+](=O)[O-])ccc1S(=O)(=O)Nc1ncc(Br)cn1. The second kappa shape index (κ2) is 9.70. The monoisotopic (exact) mass is 534 g/mol. The van der Waals surface area contributed by atoms with Crippen molar-refractivity contribution in [3.63, 3.8) is 0 Å². The number of aromatic nitrogens is 2. The fourth-order valence-electron chi connectivity index (χ4n) is 2.73. The molecule has 0 saturated heterocycles. The molecule has 0 aliphatic rings. The standard InChI is InChI=1S/C19H15BrN6O6S/c1-11-8-13(6-7-16(11)33(31,32)25-18-21-9-12(20)10-22-18)23-19(28)24-17(27)14-4-2-3-5-15(14)26(29)30/h2-10H,1H3,(H,21,22,25)(H2,23,24,27,28). The Kier molecular flexibility index (Phi) is 6.98. The predicted molar refractivity (Wildman–Crippen MR) is 121 cm³/mol. The molecule has 0 radical (unpaired) electrons. The number of benzene rings is 2. The summed E-state index contributed by atoms with van der Waals surface area (Å²) in [7, 11) is -4.01. The van der Waals surface area contributed by atoms with E-state index < -0.39 is 32.6 Å². The number of para-hydroxylation sites is 1. The topological polar surface area (TPSA) is 173 Å². The molecule has 3 amide bonds. The Bertz CT molecular complexity index is 1350. The smallest absolute Gasteiger partial charge is 0.308 e. The third-order valence-electron chi connectivity index (χ3n) is 4.14. The van der Waals surface area contributed by atoms with E-state index in [9.17, 15) is 28.1 Å². The Morgan fingerprint density at radius 2 is 1.76 bits per heavy atom. The minimum absolute atomic E-state index is 0.0732. The van der Waals surface area contributed by atoms with E-state index in [1.165, 1.54) is 55.7 Å². The first-order chi connectivity index (χ1) is 15.6. The van der Waals surface area contributed by atoms with Crippen LogP contribution in [0.5, 0.6) is 0 Å². The van der Waals surface area contributed by atoms with Crippen LogP contribution in [-0.2, 0) is 10.0 Å². The van der Waals surface area contributed by atoms with E-state index in [1.807, 2.05) is 5.32 Å². The molecule has 3 rings (SSSR count). The molecule has 0 aliphatic heterocycles. The largest absolute Gasteiger partial charge is 0.326 e. The highest BCUT2D eigenvalue weighted by Crippen LogP contribution is 2.22. The lowest BCUT2D eigenvalue weighted by atomic mass is 10.1. The molecule has 1 heterocycles. The molecule has 0 saturated carbocycles. The van der Waals surface area contributed by atoms with Crippen molar-refractivity contribution in [3.05, 3.63) is 80.6 Å². The summed E-state index contributed by atoms with van der Waals surface area (Å²) in [6.45, 7) is 1.51. The zero-order valence-corrected chi connectivity index (χ0v) is 19.2. The van der Waals surface area contributed by atoms with Crippen LogP contribution in [0.3, 0.4) is 0 Å². The number of nitrogens with one attached hydrogen (secondary N) is 3. The summed E-state index contributed by atoms with van der Waals surface area (Å²) in [5.41, 5.74) is -0.242. The molecule has 33 heavy (non-hydrogen) atoms. The van der Waals surface area contributed by atoms with Crippen molar-refractivity contribution >= 4 is 55.2 Å². The summed E-state index contributed by atoms with van der Waals surface area (Å²) in [6.07, 6.45) is 2.77. The molecule has 0 spiro atoms.